The first-order valence-electron chi connectivity index (χ1n) is 15.9. The van der Waals surface area contributed by atoms with Crippen LogP contribution in [0.1, 0.15) is 5.56 Å². The standard InChI is InChI=1S/C36H34N6O5/c43-22-26(21-24-11-3-1-4-12-24)42-32-35(46)39(23-41-28-16-8-7-15-27(28)37-38-41)19-10-18-36(32)31(34(42)45)30-29(47-36)17-9-20-40(33(30)44)25-13-5-2-6-14-25/h1-18,26,29-32,43H,19-23H2/t26-,29+,30-,31+,32?,36+/m1/s1. The van der Waals surface area contributed by atoms with Crippen LogP contribution in [-0.4, -0.2) is 91.1 Å². The van der Waals surface area contributed by atoms with Crippen LogP contribution < -0.4 is 4.90 Å². The molecule has 1 N–H and O–H groups in total. The number of anilines is 1. The molecule has 1 unspecified atom stereocenters. The lowest BCUT2D eigenvalue weighted by Gasteiger charge is -2.38. The molecular weight excluding hydrogens is 596 g/mol. The fraction of sp³-hybridized carbons (Fsp3) is 0.306. The molecule has 11 heteroatoms. The minimum Gasteiger partial charge on any atom is -0.394 e. The maximum absolute atomic E-state index is 14.9. The third kappa shape index (κ3) is 4.68. The summed E-state index contributed by atoms with van der Waals surface area (Å²) in [7, 11) is 0. The summed E-state index contributed by atoms with van der Waals surface area (Å²) in [5.74, 6) is -2.80. The number of carbonyl (C=O) groups is 3. The Balaban J connectivity index is 1.21. The van der Waals surface area contributed by atoms with Crippen molar-refractivity contribution in [2.45, 2.75) is 36.9 Å². The van der Waals surface area contributed by atoms with Crippen molar-refractivity contribution in [3.05, 3.63) is 115 Å². The van der Waals surface area contributed by atoms with E-state index < -0.39 is 35.6 Å². The largest absolute Gasteiger partial charge is 0.394 e. The maximum atomic E-state index is 14.9. The number of hydrogen-bond acceptors (Lipinski definition) is 7. The lowest BCUT2D eigenvalue weighted by atomic mass is 9.77. The molecule has 4 aliphatic rings. The van der Waals surface area contributed by atoms with Crippen molar-refractivity contribution in [1.29, 1.82) is 0 Å². The second-order valence-electron chi connectivity index (χ2n) is 12.5. The predicted molar refractivity (Wildman–Crippen MR) is 173 cm³/mol. The molecule has 0 bridgehead atoms. The molecule has 4 aliphatic heterocycles. The van der Waals surface area contributed by atoms with Gasteiger partial charge < -0.3 is 24.5 Å². The maximum Gasteiger partial charge on any atom is 0.250 e. The topological polar surface area (TPSA) is 121 Å². The van der Waals surface area contributed by atoms with E-state index in [-0.39, 0.29) is 37.5 Å². The highest BCUT2D eigenvalue weighted by molar-refractivity contribution is 6.04. The second kappa shape index (κ2) is 11.6. The van der Waals surface area contributed by atoms with Gasteiger partial charge in [-0.15, -0.1) is 5.10 Å². The summed E-state index contributed by atoms with van der Waals surface area (Å²) in [5, 5.41) is 19.3. The molecule has 0 saturated carbocycles. The van der Waals surface area contributed by atoms with Crippen molar-refractivity contribution >= 4 is 34.4 Å². The number of carbonyl (C=O) groups excluding carboxylic acids is 3. The zero-order valence-electron chi connectivity index (χ0n) is 25.6. The molecule has 2 fully saturated rings. The SMILES string of the molecule is O=C1C2N([C@@H](CO)Cc3ccccc3)C(=O)[C@@H]3[C@@H]4C(=O)N(c5ccccc5)CC=C[C@@H]4O[C@]23C=CCN1Cn1nnc2ccccc21. The molecule has 3 aromatic carbocycles. The van der Waals surface area contributed by atoms with E-state index in [4.69, 9.17) is 4.74 Å². The van der Waals surface area contributed by atoms with Crippen LogP contribution in [0, 0.1) is 11.8 Å². The van der Waals surface area contributed by atoms with Gasteiger partial charge in [0.25, 0.3) is 5.91 Å². The summed E-state index contributed by atoms with van der Waals surface area (Å²) >= 11 is 0. The Morgan fingerprint density at radius 1 is 0.872 bits per heavy atom. The third-order valence-corrected chi connectivity index (χ3v) is 9.89. The van der Waals surface area contributed by atoms with E-state index in [9.17, 15) is 19.5 Å². The van der Waals surface area contributed by atoms with Crippen molar-refractivity contribution in [3.63, 3.8) is 0 Å². The first-order valence-corrected chi connectivity index (χ1v) is 15.9. The highest BCUT2D eigenvalue weighted by atomic mass is 16.5. The molecule has 3 amide bonds. The van der Waals surface area contributed by atoms with E-state index in [2.05, 4.69) is 10.3 Å². The molecule has 238 valence electrons. The van der Waals surface area contributed by atoms with E-state index in [1.807, 2.05) is 109 Å². The average molecular weight is 631 g/mol. The predicted octanol–water partition coefficient (Wildman–Crippen LogP) is 2.57. The second-order valence-corrected chi connectivity index (χ2v) is 12.5. The molecule has 0 radical (unpaired) electrons. The molecule has 8 rings (SSSR count). The van der Waals surface area contributed by atoms with Gasteiger partial charge in [0.2, 0.25) is 11.8 Å². The molecule has 1 aromatic heterocycles. The van der Waals surface area contributed by atoms with Crippen LogP contribution in [0.25, 0.3) is 11.0 Å². The van der Waals surface area contributed by atoms with Crippen LogP contribution in [0.2, 0.25) is 0 Å². The number of aromatic nitrogens is 3. The van der Waals surface area contributed by atoms with Crippen LogP contribution in [0.15, 0.2) is 109 Å². The van der Waals surface area contributed by atoms with Crippen molar-refractivity contribution in [1.82, 2.24) is 24.8 Å². The van der Waals surface area contributed by atoms with Gasteiger partial charge in [-0.3, -0.25) is 14.4 Å². The highest BCUT2D eigenvalue weighted by Gasteiger charge is 2.72. The number of aliphatic hydroxyl groups is 1. The van der Waals surface area contributed by atoms with E-state index in [0.29, 0.717) is 18.5 Å². The van der Waals surface area contributed by atoms with E-state index >= 15 is 0 Å². The molecule has 0 aliphatic carbocycles. The van der Waals surface area contributed by atoms with Gasteiger partial charge in [-0.1, -0.05) is 90.2 Å². The fourth-order valence-electron chi connectivity index (χ4n) is 7.80. The zero-order valence-corrected chi connectivity index (χ0v) is 25.6. The smallest absolute Gasteiger partial charge is 0.250 e. The van der Waals surface area contributed by atoms with Gasteiger partial charge in [0.15, 0.2) is 0 Å². The molecule has 47 heavy (non-hydrogen) atoms. The van der Waals surface area contributed by atoms with Crippen molar-refractivity contribution in [2.24, 2.45) is 11.8 Å². The number of benzene rings is 3. The number of rotatable bonds is 7. The number of nitrogens with zero attached hydrogens (tertiary/aromatic N) is 6. The number of para-hydroxylation sites is 2. The van der Waals surface area contributed by atoms with Gasteiger partial charge in [0.05, 0.1) is 36.1 Å². The number of aliphatic hydroxyl groups excluding tert-OH is 1. The summed E-state index contributed by atoms with van der Waals surface area (Å²) in [4.78, 5) is 49.0. The van der Waals surface area contributed by atoms with Crippen LogP contribution in [0.5, 0.6) is 0 Å². The Bertz CT molecular complexity index is 1890. The van der Waals surface area contributed by atoms with Gasteiger partial charge in [-0.2, -0.15) is 0 Å². The Kier molecular flexibility index (Phi) is 7.22. The molecule has 5 heterocycles. The van der Waals surface area contributed by atoms with Crippen LogP contribution >= 0.6 is 0 Å². The Morgan fingerprint density at radius 3 is 2.40 bits per heavy atom. The van der Waals surface area contributed by atoms with Gasteiger partial charge in [0.1, 0.15) is 23.8 Å². The molecule has 6 atom stereocenters. The number of amides is 3. The van der Waals surface area contributed by atoms with Crippen molar-refractivity contribution in [2.75, 3.05) is 24.6 Å². The molecular formula is C36H34N6O5. The fourth-order valence-corrected chi connectivity index (χ4v) is 7.80. The first-order chi connectivity index (χ1) is 23.0. The first kappa shape index (κ1) is 29.3. The summed E-state index contributed by atoms with van der Waals surface area (Å²) in [6.45, 7) is 0.296. The number of hydrogen-bond donors (Lipinski definition) is 1. The van der Waals surface area contributed by atoms with Gasteiger partial charge in [-0.05, 0) is 36.2 Å². The van der Waals surface area contributed by atoms with E-state index in [1.54, 1.807) is 14.5 Å². The Morgan fingerprint density at radius 2 is 1.62 bits per heavy atom. The van der Waals surface area contributed by atoms with Crippen molar-refractivity contribution in [3.8, 4) is 0 Å². The number of fused-ring (bicyclic) bond motifs is 3. The summed E-state index contributed by atoms with van der Waals surface area (Å²) < 4.78 is 8.48. The van der Waals surface area contributed by atoms with Crippen LogP contribution in [0.3, 0.4) is 0 Å². The zero-order chi connectivity index (χ0) is 32.1. The van der Waals surface area contributed by atoms with E-state index in [1.165, 1.54) is 4.90 Å². The Hall–Kier alpha value is -5.13. The van der Waals surface area contributed by atoms with Gasteiger partial charge in [0, 0.05) is 18.8 Å². The summed E-state index contributed by atoms with van der Waals surface area (Å²) in [5.41, 5.74) is 1.69. The quantitative estimate of drug-likeness (QED) is 0.312. The number of ether oxygens (including phenoxy) is 1. The lowest BCUT2D eigenvalue weighted by molar-refractivity contribution is -0.151. The molecule has 11 nitrogen and oxygen atoms in total. The van der Waals surface area contributed by atoms with Gasteiger partial charge in [-0.25, -0.2) is 4.68 Å². The number of likely N-dealkylation sites (tertiary alicyclic amines) is 1. The van der Waals surface area contributed by atoms with Gasteiger partial charge >= 0.3 is 0 Å². The van der Waals surface area contributed by atoms with Crippen molar-refractivity contribution < 1.29 is 24.2 Å². The summed E-state index contributed by atoms with van der Waals surface area (Å²) in [6, 6.07) is 24.6. The highest BCUT2D eigenvalue weighted by Crippen LogP contribution is 2.54. The molecule has 4 aromatic rings. The molecule has 1 spiro atoms. The Labute approximate surface area is 271 Å². The average Bonchev–Trinajstić information content (AvgIpc) is 3.66. The van der Waals surface area contributed by atoms with Crippen LogP contribution in [0.4, 0.5) is 5.69 Å². The minimum atomic E-state index is -1.42. The third-order valence-electron chi connectivity index (χ3n) is 9.89. The normalized spacial score (nSPS) is 27.5. The molecule has 2 saturated heterocycles. The van der Waals surface area contributed by atoms with E-state index in [0.717, 1.165) is 16.8 Å². The summed E-state index contributed by atoms with van der Waals surface area (Å²) in [6.07, 6.45) is 7.02. The lowest BCUT2D eigenvalue weighted by Crippen LogP contribution is -2.58. The van der Waals surface area contributed by atoms with Crippen LogP contribution in [-0.2, 0) is 32.2 Å². The monoisotopic (exact) mass is 630 g/mol. The minimum absolute atomic E-state index is 0.0961.